The number of methoxy groups -OCH3 is 3. The molecule has 0 atom stereocenters. The van der Waals surface area contributed by atoms with Gasteiger partial charge in [-0.3, -0.25) is 4.79 Å². The summed E-state index contributed by atoms with van der Waals surface area (Å²) in [5, 5.41) is 4.33. The third-order valence-electron chi connectivity index (χ3n) is 4.93. The van der Waals surface area contributed by atoms with E-state index in [0.717, 1.165) is 31.5 Å². The van der Waals surface area contributed by atoms with E-state index in [1.54, 1.807) is 44.8 Å². The van der Waals surface area contributed by atoms with Crippen molar-refractivity contribution in [2.75, 3.05) is 34.4 Å². The van der Waals surface area contributed by atoms with Crippen molar-refractivity contribution in [3.05, 3.63) is 46.2 Å². The van der Waals surface area contributed by atoms with Crippen molar-refractivity contribution >= 4 is 23.3 Å². The lowest BCUT2D eigenvalue weighted by Gasteiger charge is -2.31. The number of benzene rings is 1. The largest absolute Gasteiger partial charge is 0.493 e. The minimum atomic E-state index is 0.0347. The summed E-state index contributed by atoms with van der Waals surface area (Å²) < 4.78 is 16.0. The first kappa shape index (κ1) is 19.3. The average Bonchev–Trinajstić information content (AvgIpc) is 3.26. The number of amides is 1. The molecule has 144 valence electrons. The third-order valence-corrected chi connectivity index (χ3v) is 5.63. The fourth-order valence-corrected chi connectivity index (χ4v) is 4.15. The van der Waals surface area contributed by atoms with Gasteiger partial charge in [-0.25, -0.2) is 0 Å². The second-order valence-electron chi connectivity index (χ2n) is 6.45. The van der Waals surface area contributed by atoms with E-state index in [1.165, 1.54) is 5.56 Å². The number of likely N-dealkylation sites (tertiary alicyclic amines) is 1. The van der Waals surface area contributed by atoms with Crippen molar-refractivity contribution in [2.24, 2.45) is 0 Å². The molecule has 0 N–H and O–H groups in total. The van der Waals surface area contributed by atoms with Crippen LogP contribution in [0.1, 0.15) is 29.9 Å². The van der Waals surface area contributed by atoms with Crippen LogP contribution in [0.3, 0.4) is 0 Å². The number of carbonyl (C=O) groups excluding carboxylic acids is 1. The molecule has 3 rings (SSSR count). The summed E-state index contributed by atoms with van der Waals surface area (Å²) in [4.78, 5) is 14.5. The summed E-state index contributed by atoms with van der Waals surface area (Å²) in [7, 11) is 4.72. The van der Waals surface area contributed by atoms with Gasteiger partial charge in [0.1, 0.15) is 0 Å². The van der Waals surface area contributed by atoms with Crippen molar-refractivity contribution in [1.29, 1.82) is 0 Å². The molecule has 0 bridgehead atoms. The van der Waals surface area contributed by atoms with Gasteiger partial charge in [-0.2, -0.15) is 11.3 Å². The molecule has 6 heteroatoms. The molecule has 27 heavy (non-hydrogen) atoms. The lowest BCUT2D eigenvalue weighted by atomic mass is 9.91. The van der Waals surface area contributed by atoms with Crippen molar-refractivity contribution in [3.63, 3.8) is 0 Å². The highest BCUT2D eigenvalue weighted by Gasteiger charge is 2.23. The summed E-state index contributed by atoms with van der Waals surface area (Å²) in [5.41, 5.74) is 2.23. The zero-order valence-electron chi connectivity index (χ0n) is 15.9. The first-order valence-electron chi connectivity index (χ1n) is 8.95. The van der Waals surface area contributed by atoms with E-state index in [4.69, 9.17) is 14.2 Å². The highest BCUT2D eigenvalue weighted by Crippen LogP contribution is 2.38. The summed E-state index contributed by atoms with van der Waals surface area (Å²) in [6.45, 7) is 1.58. The molecule has 1 saturated heterocycles. The van der Waals surface area contributed by atoms with Crippen LogP contribution in [0.5, 0.6) is 17.2 Å². The molecule has 0 unspecified atom stereocenters. The highest BCUT2D eigenvalue weighted by molar-refractivity contribution is 7.07. The summed E-state index contributed by atoms with van der Waals surface area (Å²) in [5.74, 6) is 2.28. The van der Waals surface area contributed by atoms with E-state index in [9.17, 15) is 4.79 Å². The molecule has 1 aliphatic rings. The second-order valence-corrected chi connectivity index (χ2v) is 7.23. The Morgan fingerprint density at radius 1 is 1.11 bits per heavy atom. The van der Waals surface area contributed by atoms with Crippen molar-refractivity contribution < 1.29 is 19.0 Å². The van der Waals surface area contributed by atoms with E-state index in [0.29, 0.717) is 23.2 Å². The Morgan fingerprint density at radius 3 is 2.30 bits per heavy atom. The monoisotopic (exact) mass is 387 g/mol. The van der Waals surface area contributed by atoms with E-state index in [2.05, 4.69) is 16.8 Å². The first-order chi connectivity index (χ1) is 13.2. The maximum absolute atomic E-state index is 12.6. The van der Waals surface area contributed by atoms with Crippen molar-refractivity contribution in [3.8, 4) is 17.2 Å². The molecule has 1 fully saturated rings. The normalized spacial score (nSPS) is 15.1. The predicted octanol–water partition coefficient (Wildman–Crippen LogP) is 4.19. The molecule has 0 aliphatic carbocycles. The number of piperidine rings is 1. The Balaban J connectivity index is 1.65. The molecule has 5 nitrogen and oxygen atoms in total. The smallest absolute Gasteiger partial charge is 0.246 e. The number of thiophene rings is 1. The number of carbonyl (C=O) groups is 1. The van der Waals surface area contributed by atoms with Crippen LogP contribution in [0, 0.1) is 0 Å². The fraction of sp³-hybridized carbons (Fsp3) is 0.381. The Hall–Kier alpha value is -2.47. The van der Waals surface area contributed by atoms with Crippen LogP contribution >= 0.6 is 11.3 Å². The van der Waals surface area contributed by atoms with Crippen LogP contribution < -0.4 is 14.2 Å². The minimum Gasteiger partial charge on any atom is -0.493 e. The van der Waals surface area contributed by atoms with Crippen LogP contribution in [0.15, 0.2) is 35.0 Å². The first-order valence-corrected chi connectivity index (χ1v) is 9.89. The minimum absolute atomic E-state index is 0.0347. The molecule has 1 aromatic heterocycles. The Labute approximate surface area is 164 Å². The molecule has 2 heterocycles. The summed E-state index contributed by atoms with van der Waals surface area (Å²) >= 11 is 1.73. The van der Waals surface area contributed by atoms with Crippen molar-refractivity contribution in [1.82, 2.24) is 4.90 Å². The van der Waals surface area contributed by atoms with Crippen LogP contribution in [0.25, 0.3) is 6.08 Å². The van der Waals surface area contributed by atoms with Gasteiger partial charge in [-0.05, 0) is 64.9 Å². The number of hydrogen-bond acceptors (Lipinski definition) is 5. The van der Waals surface area contributed by atoms with Gasteiger partial charge in [0.05, 0.1) is 21.3 Å². The predicted molar refractivity (Wildman–Crippen MR) is 108 cm³/mol. The molecule has 1 aliphatic heterocycles. The van der Waals surface area contributed by atoms with E-state index >= 15 is 0 Å². The SMILES string of the molecule is COc1cc(C=CC(=O)N2CCC(c3ccsc3)CC2)cc(OC)c1OC. The van der Waals surface area contributed by atoms with Gasteiger partial charge in [0.15, 0.2) is 11.5 Å². The highest BCUT2D eigenvalue weighted by atomic mass is 32.1. The summed E-state index contributed by atoms with van der Waals surface area (Å²) in [6.07, 6.45) is 5.43. The third kappa shape index (κ3) is 4.45. The molecule has 1 amide bonds. The van der Waals surface area contributed by atoms with Gasteiger partial charge in [0.2, 0.25) is 11.7 Å². The molecule has 2 aromatic rings. The van der Waals surface area contributed by atoms with Crippen LogP contribution in [0.2, 0.25) is 0 Å². The van der Waals surface area contributed by atoms with Crippen LogP contribution in [0.4, 0.5) is 0 Å². The van der Waals surface area contributed by atoms with Crippen molar-refractivity contribution in [2.45, 2.75) is 18.8 Å². The van der Waals surface area contributed by atoms with Gasteiger partial charge in [-0.1, -0.05) is 0 Å². The van der Waals surface area contributed by atoms with Gasteiger partial charge >= 0.3 is 0 Å². The maximum atomic E-state index is 12.6. The molecule has 0 radical (unpaired) electrons. The van der Waals surface area contributed by atoms with Gasteiger partial charge in [-0.15, -0.1) is 0 Å². The number of ether oxygens (including phenoxy) is 3. The zero-order chi connectivity index (χ0) is 19.2. The second kappa shape index (κ2) is 8.95. The van der Waals surface area contributed by atoms with E-state index in [-0.39, 0.29) is 5.91 Å². The Morgan fingerprint density at radius 2 is 1.78 bits per heavy atom. The Kier molecular flexibility index (Phi) is 6.40. The van der Waals surface area contributed by atoms with E-state index in [1.807, 2.05) is 17.0 Å². The Bertz CT molecular complexity index is 768. The number of nitrogens with zero attached hydrogens (tertiary/aromatic N) is 1. The lowest BCUT2D eigenvalue weighted by Crippen LogP contribution is -2.36. The standard InChI is InChI=1S/C21H25NO4S/c1-24-18-12-15(13-19(25-2)21(18)26-3)4-5-20(23)22-9-6-16(7-10-22)17-8-11-27-14-17/h4-5,8,11-14,16H,6-7,9-10H2,1-3H3. The molecule has 0 saturated carbocycles. The average molecular weight is 388 g/mol. The van der Waals surface area contributed by atoms with Gasteiger partial charge < -0.3 is 19.1 Å². The maximum Gasteiger partial charge on any atom is 0.246 e. The molecular weight excluding hydrogens is 362 g/mol. The topological polar surface area (TPSA) is 48.0 Å². The molecule has 0 spiro atoms. The number of hydrogen-bond donors (Lipinski definition) is 0. The quantitative estimate of drug-likeness (QED) is 0.697. The fourth-order valence-electron chi connectivity index (χ4n) is 3.41. The molecule has 1 aromatic carbocycles. The van der Waals surface area contributed by atoms with Gasteiger partial charge in [0, 0.05) is 19.2 Å². The van der Waals surface area contributed by atoms with Crippen LogP contribution in [-0.2, 0) is 4.79 Å². The zero-order valence-corrected chi connectivity index (χ0v) is 16.8. The van der Waals surface area contributed by atoms with E-state index < -0.39 is 0 Å². The number of rotatable bonds is 6. The van der Waals surface area contributed by atoms with Gasteiger partial charge in [0.25, 0.3) is 0 Å². The molecular formula is C21H25NO4S. The lowest BCUT2D eigenvalue weighted by molar-refractivity contribution is -0.126. The summed E-state index contributed by atoms with van der Waals surface area (Å²) in [6, 6.07) is 5.85. The van der Waals surface area contributed by atoms with Crippen LogP contribution in [-0.4, -0.2) is 45.2 Å².